The summed E-state index contributed by atoms with van der Waals surface area (Å²) in [5.74, 6) is -0.326. The molecule has 0 saturated heterocycles. The van der Waals surface area contributed by atoms with Gasteiger partial charge >= 0.3 is 0 Å². The number of nitrogens with zero attached hydrogens (tertiary/aromatic N) is 2. The van der Waals surface area contributed by atoms with E-state index in [-0.39, 0.29) is 18.2 Å². The molecule has 0 heterocycles. The number of nitro groups is 1. The van der Waals surface area contributed by atoms with Crippen molar-refractivity contribution in [2.45, 2.75) is 13.0 Å². The molecule has 0 bridgehead atoms. The van der Waals surface area contributed by atoms with Crippen LogP contribution >= 0.6 is 0 Å². The van der Waals surface area contributed by atoms with Gasteiger partial charge in [-0.3, -0.25) is 20.3 Å². The lowest BCUT2D eigenvalue weighted by atomic mass is 10.0. The van der Waals surface area contributed by atoms with Gasteiger partial charge in [-0.15, -0.1) is 0 Å². The summed E-state index contributed by atoms with van der Waals surface area (Å²) in [5.41, 5.74) is 4.43. The Morgan fingerprint density at radius 2 is 1.84 bits per heavy atom. The Kier molecular flexibility index (Phi) is 6.19. The van der Waals surface area contributed by atoms with E-state index in [1.165, 1.54) is 31.2 Å². The van der Waals surface area contributed by atoms with Crippen molar-refractivity contribution in [1.29, 1.82) is 0 Å². The normalized spacial score (nSPS) is 12.3. The van der Waals surface area contributed by atoms with Gasteiger partial charge in [0.25, 0.3) is 5.69 Å². The summed E-state index contributed by atoms with van der Waals surface area (Å²) in [4.78, 5) is 21.7. The number of carbonyl (C=O) groups excluding carboxylic acids is 1. The minimum absolute atomic E-state index is 0.0563. The summed E-state index contributed by atoms with van der Waals surface area (Å²) in [6, 6.07) is 14.1. The van der Waals surface area contributed by atoms with Crippen molar-refractivity contribution >= 4 is 23.0 Å². The van der Waals surface area contributed by atoms with Crippen molar-refractivity contribution in [2.24, 2.45) is 5.10 Å². The Labute approximate surface area is 144 Å². The fourth-order valence-electron chi connectivity index (χ4n) is 2.18. The number of nitrogens with one attached hydrogen (secondary N) is 2. The maximum atomic E-state index is 11.4. The zero-order valence-corrected chi connectivity index (χ0v) is 13.5. The number of anilines is 1. The molecule has 2 aromatic carbocycles. The van der Waals surface area contributed by atoms with E-state index in [2.05, 4.69) is 15.8 Å². The number of rotatable bonds is 7. The van der Waals surface area contributed by atoms with Crippen molar-refractivity contribution in [3.05, 3.63) is 70.3 Å². The standard InChI is InChI=1S/C17H18N4O4/c1-12(23)18-16(11-22)17(20-19-14-5-3-2-4-6-14)13-7-9-15(10-8-13)21(24)25/h2-10,16,19,22H,11H2,1H3,(H,18,23)/b20-17-. The van der Waals surface area contributed by atoms with Gasteiger partial charge < -0.3 is 10.4 Å². The first-order chi connectivity index (χ1) is 12.0. The molecule has 130 valence electrons. The van der Waals surface area contributed by atoms with Gasteiger partial charge in [-0.1, -0.05) is 18.2 Å². The third kappa shape index (κ3) is 5.11. The summed E-state index contributed by atoms with van der Waals surface area (Å²) in [7, 11) is 0. The fourth-order valence-corrected chi connectivity index (χ4v) is 2.18. The summed E-state index contributed by atoms with van der Waals surface area (Å²) in [6.45, 7) is 0.965. The zero-order valence-electron chi connectivity index (χ0n) is 13.5. The molecule has 25 heavy (non-hydrogen) atoms. The smallest absolute Gasteiger partial charge is 0.269 e. The Morgan fingerprint density at radius 1 is 1.20 bits per heavy atom. The molecule has 1 atom stereocenters. The summed E-state index contributed by atoms with van der Waals surface area (Å²) >= 11 is 0. The van der Waals surface area contributed by atoms with E-state index < -0.39 is 11.0 Å². The molecule has 1 amide bonds. The van der Waals surface area contributed by atoms with Crippen LogP contribution in [0, 0.1) is 10.1 Å². The number of non-ortho nitro benzene ring substituents is 1. The topological polar surface area (TPSA) is 117 Å². The predicted molar refractivity (Wildman–Crippen MR) is 94.4 cm³/mol. The molecule has 2 rings (SSSR count). The monoisotopic (exact) mass is 342 g/mol. The Bertz CT molecular complexity index is 760. The van der Waals surface area contributed by atoms with Gasteiger partial charge in [0.15, 0.2) is 0 Å². The van der Waals surface area contributed by atoms with E-state index in [1.807, 2.05) is 30.3 Å². The molecule has 8 heteroatoms. The average molecular weight is 342 g/mol. The van der Waals surface area contributed by atoms with Crippen LogP contribution in [0.2, 0.25) is 0 Å². The third-order valence-electron chi connectivity index (χ3n) is 3.34. The lowest BCUT2D eigenvalue weighted by Gasteiger charge is -2.18. The van der Waals surface area contributed by atoms with Crippen LogP contribution in [0.4, 0.5) is 11.4 Å². The fraction of sp³-hybridized carbons (Fsp3) is 0.176. The third-order valence-corrected chi connectivity index (χ3v) is 3.34. The van der Waals surface area contributed by atoms with Crippen LogP contribution in [0.1, 0.15) is 12.5 Å². The number of hydrogen-bond donors (Lipinski definition) is 3. The van der Waals surface area contributed by atoms with E-state index >= 15 is 0 Å². The molecule has 3 N–H and O–H groups in total. The lowest BCUT2D eigenvalue weighted by molar-refractivity contribution is -0.384. The number of aliphatic hydroxyl groups excluding tert-OH is 1. The molecule has 2 aromatic rings. The summed E-state index contributed by atoms with van der Waals surface area (Å²) < 4.78 is 0. The Hall–Kier alpha value is -3.26. The molecule has 0 saturated carbocycles. The minimum atomic E-state index is -0.754. The molecule has 0 radical (unpaired) electrons. The Balaban J connectivity index is 2.36. The van der Waals surface area contributed by atoms with Gasteiger partial charge in [-0.05, 0) is 24.3 Å². The highest BCUT2D eigenvalue weighted by Crippen LogP contribution is 2.15. The van der Waals surface area contributed by atoms with Crippen LogP contribution < -0.4 is 10.7 Å². The number of amides is 1. The molecule has 0 aromatic heterocycles. The van der Waals surface area contributed by atoms with Crippen LogP contribution in [0.3, 0.4) is 0 Å². The first-order valence-electron chi connectivity index (χ1n) is 7.52. The molecule has 0 aliphatic carbocycles. The number of carbonyl (C=O) groups is 1. The highest BCUT2D eigenvalue weighted by molar-refractivity contribution is 6.06. The molecule has 8 nitrogen and oxygen atoms in total. The van der Waals surface area contributed by atoms with Gasteiger partial charge in [0.2, 0.25) is 5.91 Å². The maximum Gasteiger partial charge on any atom is 0.269 e. The first kappa shape index (κ1) is 18.1. The number of nitro benzene ring substituents is 1. The van der Waals surface area contributed by atoms with Crippen molar-refractivity contribution in [3.8, 4) is 0 Å². The second kappa shape index (κ2) is 8.55. The van der Waals surface area contributed by atoms with Crippen molar-refractivity contribution in [1.82, 2.24) is 5.32 Å². The van der Waals surface area contributed by atoms with Gasteiger partial charge in [-0.2, -0.15) is 5.10 Å². The zero-order chi connectivity index (χ0) is 18.2. The average Bonchev–Trinajstić information content (AvgIpc) is 2.61. The van der Waals surface area contributed by atoms with E-state index in [0.29, 0.717) is 11.3 Å². The molecule has 1 unspecified atom stereocenters. The van der Waals surface area contributed by atoms with Crippen LogP contribution in [0.15, 0.2) is 59.7 Å². The number of benzene rings is 2. The quantitative estimate of drug-likeness (QED) is 0.404. The van der Waals surface area contributed by atoms with Crippen molar-refractivity contribution in [2.75, 3.05) is 12.0 Å². The largest absolute Gasteiger partial charge is 0.394 e. The molecule has 0 aliphatic rings. The number of hydrogen-bond acceptors (Lipinski definition) is 6. The van der Waals surface area contributed by atoms with Crippen LogP contribution in [0.25, 0.3) is 0 Å². The summed E-state index contributed by atoms with van der Waals surface area (Å²) in [6.07, 6.45) is 0. The van der Waals surface area contributed by atoms with Crippen molar-refractivity contribution < 1.29 is 14.8 Å². The van der Waals surface area contributed by atoms with Crippen molar-refractivity contribution in [3.63, 3.8) is 0 Å². The van der Waals surface area contributed by atoms with Gasteiger partial charge in [0.1, 0.15) is 0 Å². The summed E-state index contributed by atoms with van der Waals surface area (Å²) in [5, 5.41) is 27.3. The van der Waals surface area contributed by atoms with E-state index in [1.54, 1.807) is 0 Å². The highest BCUT2D eigenvalue weighted by Gasteiger charge is 2.19. The van der Waals surface area contributed by atoms with Gasteiger partial charge in [0, 0.05) is 24.6 Å². The van der Waals surface area contributed by atoms with E-state index in [9.17, 15) is 20.0 Å². The number of para-hydroxylation sites is 1. The minimum Gasteiger partial charge on any atom is -0.394 e. The van der Waals surface area contributed by atoms with Crippen LogP contribution in [-0.2, 0) is 4.79 Å². The highest BCUT2D eigenvalue weighted by atomic mass is 16.6. The van der Waals surface area contributed by atoms with Gasteiger partial charge in [-0.25, -0.2) is 0 Å². The number of hydrazone groups is 1. The molecule has 0 aliphatic heterocycles. The van der Waals surface area contributed by atoms with Gasteiger partial charge in [0.05, 0.1) is 29.0 Å². The second-order valence-corrected chi connectivity index (χ2v) is 5.21. The van der Waals surface area contributed by atoms with Crippen LogP contribution in [0.5, 0.6) is 0 Å². The van der Waals surface area contributed by atoms with E-state index in [0.717, 1.165) is 5.69 Å². The SMILES string of the molecule is CC(=O)NC(CO)/C(=N\Nc1ccccc1)c1ccc([N+](=O)[O-])cc1. The maximum absolute atomic E-state index is 11.4. The second-order valence-electron chi connectivity index (χ2n) is 5.21. The lowest BCUT2D eigenvalue weighted by Crippen LogP contribution is -2.43. The molecule has 0 spiro atoms. The van der Waals surface area contributed by atoms with E-state index in [4.69, 9.17) is 0 Å². The predicted octanol–water partition coefficient (Wildman–Crippen LogP) is 1.91. The molecular formula is C17H18N4O4. The Morgan fingerprint density at radius 3 is 2.36 bits per heavy atom. The molecular weight excluding hydrogens is 324 g/mol. The first-order valence-corrected chi connectivity index (χ1v) is 7.52. The van der Waals surface area contributed by atoms with Crippen LogP contribution in [-0.4, -0.2) is 34.3 Å². The number of aliphatic hydroxyl groups is 1. The molecule has 0 fully saturated rings.